The van der Waals surface area contributed by atoms with Crippen LogP contribution >= 0.6 is 0 Å². The molecular formula is C21H13F26NO2. The lowest BCUT2D eigenvalue weighted by Crippen LogP contribution is -2.70. The highest BCUT2D eigenvalue weighted by atomic mass is 19.4. The van der Waals surface area contributed by atoms with E-state index in [0.29, 0.717) is 6.92 Å². The molecule has 0 atom stereocenters. The summed E-state index contributed by atoms with van der Waals surface area (Å²) >= 11 is 0. The summed E-state index contributed by atoms with van der Waals surface area (Å²) in [5.41, 5.74) is -4.35. The van der Waals surface area contributed by atoms with Crippen LogP contribution in [0.1, 0.15) is 32.6 Å². The van der Waals surface area contributed by atoms with Crippen molar-refractivity contribution in [2.75, 3.05) is 6.61 Å². The highest BCUT2D eigenvalue weighted by Crippen LogP contribution is 2.63. The summed E-state index contributed by atoms with van der Waals surface area (Å²) in [7, 11) is 0. The number of rotatable bonds is 16. The van der Waals surface area contributed by atoms with E-state index >= 15 is 0 Å². The SMILES string of the molecule is CCOC(=O)C(C#N)(CCC(F)(F)C(F)(F)C(F)(F)C(F)(F)C(F)(F)C(F)(F)F)CCC(F)(F)C(F)(F)C(F)(F)C(F)(F)C(F)(F)C(F)(F)F. The third kappa shape index (κ3) is 6.87. The minimum Gasteiger partial charge on any atom is -0.465 e. The van der Waals surface area contributed by atoms with E-state index in [-0.39, 0.29) is 6.07 Å². The molecule has 0 bridgehead atoms. The van der Waals surface area contributed by atoms with Gasteiger partial charge in [0.2, 0.25) is 0 Å². The molecule has 0 fully saturated rings. The summed E-state index contributed by atoms with van der Waals surface area (Å²) in [5.74, 6) is -83.7. The van der Waals surface area contributed by atoms with Crippen LogP contribution in [0, 0.1) is 16.7 Å². The normalized spacial score (nSPS) is 16.0. The van der Waals surface area contributed by atoms with Crippen molar-refractivity contribution in [1.29, 1.82) is 5.26 Å². The number of hydrogen-bond acceptors (Lipinski definition) is 3. The van der Waals surface area contributed by atoms with Gasteiger partial charge in [-0.3, -0.25) is 4.79 Å². The highest BCUT2D eigenvalue weighted by Gasteiger charge is 2.92. The van der Waals surface area contributed by atoms with Crippen molar-refractivity contribution in [3.05, 3.63) is 0 Å². The van der Waals surface area contributed by atoms with E-state index in [0.717, 1.165) is 0 Å². The lowest BCUT2D eigenvalue weighted by Gasteiger charge is -2.41. The predicted octanol–water partition coefficient (Wildman–Crippen LogP) is 10.1. The molecule has 0 radical (unpaired) electrons. The van der Waals surface area contributed by atoms with Gasteiger partial charge in [-0.25, -0.2) is 0 Å². The molecule has 0 heterocycles. The Bertz CT molecular complexity index is 1180. The standard InChI is InChI=1S/C21H13F26NO2/c1-2-50-8(49)9(7-48,3-5-10(22,23)12(26,27)14(30,31)16(34,35)18(38,39)20(42,43)44)4-6-11(24,25)13(28,29)15(32,33)17(36,37)19(40,41)21(45,46)47/h2-6H2,1H3. The molecule has 0 aromatic carbocycles. The molecule has 296 valence electrons. The zero-order valence-electron chi connectivity index (χ0n) is 23.1. The van der Waals surface area contributed by atoms with E-state index in [1.54, 1.807) is 0 Å². The summed E-state index contributed by atoms with van der Waals surface area (Å²) in [6.45, 7) is -0.590. The molecule has 0 aromatic rings. The Labute approximate surface area is 258 Å². The average Bonchev–Trinajstić information content (AvgIpc) is 2.91. The number of halogens is 26. The van der Waals surface area contributed by atoms with Crippen LogP contribution in [0.5, 0.6) is 0 Å². The van der Waals surface area contributed by atoms with Crippen molar-refractivity contribution in [2.24, 2.45) is 5.41 Å². The second-order valence-corrected chi connectivity index (χ2v) is 9.91. The Kier molecular flexibility index (Phi) is 12.2. The Morgan fingerprint density at radius 3 is 0.880 bits per heavy atom. The predicted molar refractivity (Wildman–Crippen MR) is 105 cm³/mol. The van der Waals surface area contributed by atoms with Crippen LogP contribution < -0.4 is 0 Å². The number of hydrogen-bond donors (Lipinski definition) is 0. The topological polar surface area (TPSA) is 50.1 Å². The summed E-state index contributed by atoms with van der Waals surface area (Å²) < 4.78 is 350. The van der Waals surface area contributed by atoms with Crippen molar-refractivity contribution in [2.45, 2.75) is 104 Å². The monoisotopic (exact) mass is 805 g/mol. The summed E-state index contributed by atoms with van der Waals surface area (Å²) in [5, 5.41) is 9.14. The largest absolute Gasteiger partial charge is 0.465 e. The van der Waals surface area contributed by atoms with E-state index < -0.39 is 115 Å². The van der Waals surface area contributed by atoms with E-state index in [9.17, 15) is 119 Å². The molecule has 50 heavy (non-hydrogen) atoms. The fourth-order valence-electron chi connectivity index (χ4n) is 3.41. The highest BCUT2D eigenvalue weighted by molar-refractivity contribution is 5.80. The zero-order valence-corrected chi connectivity index (χ0v) is 23.1. The lowest BCUT2D eigenvalue weighted by atomic mass is 9.76. The number of alkyl halides is 26. The Hall–Kier alpha value is -2.86. The van der Waals surface area contributed by atoms with Gasteiger partial charge in [0.1, 0.15) is 0 Å². The average molecular weight is 805 g/mol. The first kappa shape index (κ1) is 47.1. The van der Waals surface area contributed by atoms with Crippen LogP contribution in [0.4, 0.5) is 114 Å². The van der Waals surface area contributed by atoms with Gasteiger partial charge in [0, 0.05) is 12.8 Å². The minimum absolute atomic E-state index is 0.235. The van der Waals surface area contributed by atoms with Gasteiger partial charge in [0.25, 0.3) is 0 Å². The molecule has 0 aliphatic heterocycles. The fourth-order valence-corrected chi connectivity index (χ4v) is 3.41. The molecule has 0 amide bonds. The van der Waals surface area contributed by atoms with Crippen LogP contribution in [0.2, 0.25) is 0 Å². The third-order valence-electron chi connectivity index (χ3n) is 6.61. The van der Waals surface area contributed by atoms with Crippen molar-refractivity contribution in [1.82, 2.24) is 0 Å². The second kappa shape index (κ2) is 13.0. The Morgan fingerprint density at radius 1 is 0.440 bits per heavy atom. The molecule has 0 unspecified atom stereocenters. The van der Waals surface area contributed by atoms with Gasteiger partial charge in [-0.15, -0.1) is 0 Å². The lowest BCUT2D eigenvalue weighted by molar-refractivity contribution is -0.440. The second-order valence-electron chi connectivity index (χ2n) is 9.91. The van der Waals surface area contributed by atoms with Gasteiger partial charge >= 0.3 is 77.5 Å². The number of carbonyl (C=O) groups is 1. The first-order chi connectivity index (χ1) is 21.5. The molecule has 0 aliphatic rings. The van der Waals surface area contributed by atoms with E-state index in [1.165, 1.54) is 0 Å². The number of ether oxygens (including phenoxy) is 1. The quantitative estimate of drug-likeness (QED) is 0.115. The van der Waals surface area contributed by atoms with Gasteiger partial charge in [-0.2, -0.15) is 119 Å². The molecule has 0 aliphatic carbocycles. The van der Waals surface area contributed by atoms with Gasteiger partial charge < -0.3 is 4.74 Å². The van der Waals surface area contributed by atoms with Crippen molar-refractivity contribution in [3.63, 3.8) is 0 Å². The van der Waals surface area contributed by atoms with Crippen molar-refractivity contribution < 1.29 is 124 Å². The Balaban J connectivity index is 6.93. The summed E-state index contributed by atoms with van der Waals surface area (Å²) in [6, 6.07) is 0.235. The molecule has 0 aromatic heterocycles. The molecule has 0 rings (SSSR count). The molecular weight excluding hydrogens is 792 g/mol. The Morgan fingerprint density at radius 2 is 0.680 bits per heavy atom. The number of esters is 1. The third-order valence-corrected chi connectivity index (χ3v) is 6.61. The smallest absolute Gasteiger partial charge is 0.460 e. The van der Waals surface area contributed by atoms with Gasteiger partial charge in [0.15, 0.2) is 5.41 Å². The maximum Gasteiger partial charge on any atom is 0.460 e. The number of nitrogens with zero attached hydrogens (tertiary/aromatic N) is 1. The fraction of sp³-hybridized carbons (Fsp3) is 0.905. The molecule has 0 saturated carbocycles. The molecule has 0 N–H and O–H groups in total. The maximum atomic E-state index is 14.2. The first-order valence-electron chi connectivity index (χ1n) is 12.0. The van der Waals surface area contributed by atoms with Crippen LogP contribution in [0.15, 0.2) is 0 Å². The van der Waals surface area contributed by atoms with Gasteiger partial charge in [-0.1, -0.05) is 0 Å². The molecule has 29 heteroatoms. The minimum atomic E-state index is -8.48. The molecule has 0 spiro atoms. The summed E-state index contributed by atoms with van der Waals surface area (Å²) in [6.07, 6.45) is -28.7. The van der Waals surface area contributed by atoms with Crippen LogP contribution in [-0.2, 0) is 9.53 Å². The summed E-state index contributed by atoms with van der Waals surface area (Å²) in [4.78, 5) is 12.1. The number of nitriles is 1. The van der Waals surface area contributed by atoms with Crippen molar-refractivity contribution in [3.8, 4) is 6.07 Å². The van der Waals surface area contributed by atoms with E-state index in [1.807, 2.05) is 0 Å². The zero-order chi connectivity index (χ0) is 41.0. The molecule has 3 nitrogen and oxygen atoms in total. The maximum absolute atomic E-state index is 14.2. The van der Waals surface area contributed by atoms with Gasteiger partial charge in [-0.05, 0) is 19.8 Å². The van der Waals surface area contributed by atoms with Gasteiger partial charge in [0.05, 0.1) is 12.7 Å². The number of carbonyl (C=O) groups excluding carboxylic acids is 1. The van der Waals surface area contributed by atoms with Crippen LogP contribution in [-0.4, -0.2) is 84.2 Å². The van der Waals surface area contributed by atoms with E-state index in [2.05, 4.69) is 4.74 Å². The molecule has 0 saturated heterocycles. The van der Waals surface area contributed by atoms with Crippen LogP contribution in [0.25, 0.3) is 0 Å². The first-order valence-corrected chi connectivity index (χ1v) is 12.0. The van der Waals surface area contributed by atoms with E-state index in [4.69, 9.17) is 5.26 Å². The van der Waals surface area contributed by atoms with Crippen molar-refractivity contribution >= 4 is 5.97 Å². The van der Waals surface area contributed by atoms with Crippen LogP contribution in [0.3, 0.4) is 0 Å².